The summed E-state index contributed by atoms with van der Waals surface area (Å²) in [7, 11) is 0. The van der Waals surface area contributed by atoms with Crippen molar-refractivity contribution in [3.8, 4) is 11.8 Å². The van der Waals surface area contributed by atoms with Gasteiger partial charge < -0.3 is 4.74 Å². The minimum Gasteiger partial charge on any atom is -0.493 e. The second kappa shape index (κ2) is 6.44. The normalized spacial score (nSPS) is 9.88. The van der Waals surface area contributed by atoms with Crippen molar-refractivity contribution in [2.24, 2.45) is 0 Å². The first kappa shape index (κ1) is 12.9. The van der Waals surface area contributed by atoms with Crippen molar-refractivity contribution in [3.05, 3.63) is 28.8 Å². The van der Waals surface area contributed by atoms with E-state index in [1.165, 1.54) is 0 Å². The fraction of sp³-hybridized carbons (Fsp3) is 0.462. The molecular formula is C13H17NOS. The SMILES string of the molecule is Cc1cc(C#N)cc(C)c1OCCCCS. The van der Waals surface area contributed by atoms with Crippen LogP contribution in [-0.2, 0) is 0 Å². The molecule has 0 saturated carbocycles. The summed E-state index contributed by atoms with van der Waals surface area (Å²) in [4.78, 5) is 0. The molecule has 2 nitrogen and oxygen atoms in total. The number of aryl methyl sites for hydroxylation is 2. The van der Waals surface area contributed by atoms with Crippen LogP contribution in [0.4, 0.5) is 0 Å². The highest BCUT2D eigenvalue weighted by molar-refractivity contribution is 7.80. The van der Waals surface area contributed by atoms with Crippen LogP contribution >= 0.6 is 12.6 Å². The largest absolute Gasteiger partial charge is 0.493 e. The molecule has 0 radical (unpaired) electrons. The maximum absolute atomic E-state index is 8.82. The van der Waals surface area contributed by atoms with E-state index in [-0.39, 0.29) is 0 Å². The van der Waals surface area contributed by atoms with Gasteiger partial charge in [-0.2, -0.15) is 17.9 Å². The van der Waals surface area contributed by atoms with Gasteiger partial charge >= 0.3 is 0 Å². The molecule has 0 bridgehead atoms. The minimum absolute atomic E-state index is 0.692. The molecular weight excluding hydrogens is 218 g/mol. The highest BCUT2D eigenvalue weighted by Gasteiger charge is 2.05. The maximum Gasteiger partial charge on any atom is 0.125 e. The minimum atomic E-state index is 0.692. The smallest absolute Gasteiger partial charge is 0.125 e. The summed E-state index contributed by atoms with van der Waals surface area (Å²) in [5, 5.41) is 8.82. The molecule has 0 saturated heterocycles. The average molecular weight is 235 g/mol. The Balaban J connectivity index is 2.70. The van der Waals surface area contributed by atoms with Gasteiger partial charge in [-0.3, -0.25) is 0 Å². The molecule has 0 aliphatic rings. The van der Waals surface area contributed by atoms with Crippen molar-refractivity contribution in [2.45, 2.75) is 26.7 Å². The number of ether oxygens (including phenoxy) is 1. The highest BCUT2D eigenvalue weighted by Crippen LogP contribution is 2.24. The second-order valence-electron chi connectivity index (χ2n) is 3.83. The predicted molar refractivity (Wildman–Crippen MR) is 69.2 cm³/mol. The van der Waals surface area contributed by atoms with Gasteiger partial charge in [0.1, 0.15) is 5.75 Å². The molecule has 1 rings (SSSR count). The van der Waals surface area contributed by atoms with Crippen LogP contribution in [0.25, 0.3) is 0 Å². The van der Waals surface area contributed by atoms with E-state index in [0.717, 1.165) is 35.5 Å². The van der Waals surface area contributed by atoms with E-state index in [2.05, 4.69) is 18.7 Å². The Morgan fingerprint density at radius 2 is 1.88 bits per heavy atom. The van der Waals surface area contributed by atoms with Gasteiger partial charge in [0.2, 0.25) is 0 Å². The third-order valence-corrected chi connectivity index (χ3v) is 2.70. The first-order valence-electron chi connectivity index (χ1n) is 5.44. The van der Waals surface area contributed by atoms with E-state index < -0.39 is 0 Å². The Hall–Kier alpha value is -1.14. The lowest BCUT2D eigenvalue weighted by molar-refractivity contribution is 0.306. The molecule has 0 aliphatic carbocycles. The molecule has 16 heavy (non-hydrogen) atoms. The first-order valence-corrected chi connectivity index (χ1v) is 6.07. The topological polar surface area (TPSA) is 33.0 Å². The number of thiol groups is 1. The molecule has 0 spiro atoms. The summed E-state index contributed by atoms with van der Waals surface area (Å²) in [6, 6.07) is 5.87. The van der Waals surface area contributed by atoms with Crippen molar-refractivity contribution in [2.75, 3.05) is 12.4 Å². The Labute approximate surface area is 103 Å². The number of nitriles is 1. The molecule has 0 N–H and O–H groups in total. The van der Waals surface area contributed by atoms with Crippen LogP contribution in [0, 0.1) is 25.2 Å². The zero-order valence-electron chi connectivity index (χ0n) is 9.79. The first-order chi connectivity index (χ1) is 7.69. The van der Waals surface area contributed by atoms with Gasteiger partial charge in [0.15, 0.2) is 0 Å². The quantitative estimate of drug-likeness (QED) is 0.627. The lowest BCUT2D eigenvalue weighted by atomic mass is 10.1. The molecule has 0 unspecified atom stereocenters. The summed E-state index contributed by atoms with van der Waals surface area (Å²) in [6.07, 6.45) is 2.08. The van der Waals surface area contributed by atoms with Gasteiger partial charge in [0.25, 0.3) is 0 Å². The Morgan fingerprint density at radius 3 is 2.38 bits per heavy atom. The number of hydrogen-bond acceptors (Lipinski definition) is 3. The van der Waals surface area contributed by atoms with Crippen LogP contribution in [0.3, 0.4) is 0 Å². The summed E-state index contributed by atoms with van der Waals surface area (Å²) >= 11 is 4.16. The molecule has 1 aromatic carbocycles. The monoisotopic (exact) mass is 235 g/mol. The van der Waals surface area contributed by atoms with E-state index >= 15 is 0 Å². The number of benzene rings is 1. The lowest BCUT2D eigenvalue weighted by Gasteiger charge is -2.12. The summed E-state index contributed by atoms with van der Waals surface area (Å²) < 4.78 is 5.73. The van der Waals surface area contributed by atoms with Crippen molar-refractivity contribution >= 4 is 12.6 Å². The third kappa shape index (κ3) is 3.46. The number of unbranched alkanes of at least 4 members (excludes halogenated alkanes) is 1. The van der Waals surface area contributed by atoms with Crippen LogP contribution in [0.2, 0.25) is 0 Å². The summed E-state index contributed by atoms with van der Waals surface area (Å²) in [5.74, 6) is 1.81. The molecule has 0 aromatic heterocycles. The number of nitrogens with zero attached hydrogens (tertiary/aromatic N) is 1. The van der Waals surface area contributed by atoms with Gasteiger partial charge in [0, 0.05) is 0 Å². The molecule has 0 atom stereocenters. The molecule has 1 aromatic rings. The molecule has 0 heterocycles. The predicted octanol–water partition coefficient (Wildman–Crippen LogP) is 3.26. The van der Waals surface area contributed by atoms with E-state index in [1.54, 1.807) is 0 Å². The second-order valence-corrected chi connectivity index (χ2v) is 4.28. The van der Waals surface area contributed by atoms with Gasteiger partial charge in [-0.05, 0) is 55.7 Å². The highest BCUT2D eigenvalue weighted by atomic mass is 32.1. The van der Waals surface area contributed by atoms with Crippen LogP contribution in [-0.4, -0.2) is 12.4 Å². The zero-order valence-corrected chi connectivity index (χ0v) is 10.7. The summed E-state index contributed by atoms with van der Waals surface area (Å²) in [5.41, 5.74) is 2.75. The number of rotatable bonds is 5. The van der Waals surface area contributed by atoms with Crippen molar-refractivity contribution in [3.63, 3.8) is 0 Å². The summed E-state index contributed by atoms with van der Waals surface area (Å²) in [6.45, 7) is 4.66. The fourth-order valence-corrected chi connectivity index (χ4v) is 1.85. The van der Waals surface area contributed by atoms with E-state index in [9.17, 15) is 0 Å². The van der Waals surface area contributed by atoms with Gasteiger partial charge in [-0.15, -0.1) is 0 Å². The standard InChI is InChI=1S/C13H17NOS/c1-10-7-12(9-14)8-11(2)13(10)15-5-3-4-6-16/h7-8,16H,3-6H2,1-2H3. The Kier molecular flexibility index (Phi) is 5.21. The Morgan fingerprint density at radius 1 is 1.25 bits per heavy atom. The van der Waals surface area contributed by atoms with Crippen LogP contribution < -0.4 is 4.74 Å². The van der Waals surface area contributed by atoms with E-state index in [4.69, 9.17) is 10.00 Å². The van der Waals surface area contributed by atoms with Gasteiger partial charge in [-0.1, -0.05) is 0 Å². The maximum atomic E-state index is 8.82. The van der Waals surface area contributed by atoms with Crippen LogP contribution in [0.15, 0.2) is 12.1 Å². The van der Waals surface area contributed by atoms with Gasteiger partial charge in [0.05, 0.1) is 18.2 Å². The van der Waals surface area contributed by atoms with Crippen molar-refractivity contribution in [1.29, 1.82) is 5.26 Å². The van der Waals surface area contributed by atoms with Crippen LogP contribution in [0.1, 0.15) is 29.5 Å². The molecule has 0 amide bonds. The van der Waals surface area contributed by atoms with E-state index in [1.807, 2.05) is 26.0 Å². The van der Waals surface area contributed by atoms with E-state index in [0.29, 0.717) is 12.2 Å². The zero-order chi connectivity index (χ0) is 12.0. The van der Waals surface area contributed by atoms with Crippen molar-refractivity contribution < 1.29 is 4.74 Å². The fourth-order valence-electron chi connectivity index (χ4n) is 1.63. The third-order valence-electron chi connectivity index (χ3n) is 2.39. The Bertz CT molecular complexity index is 372. The van der Waals surface area contributed by atoms with Crippen LogP contribution in [0.5, 0.6) is 5.75 Å². The number of hydrogen-bond donors (Lipinski definition) is 1. The molecule has 3 heteroatoms. The lowest BCUT2D eigenvalue weighted by Crippen LogP contribution is -2.01. The van der Waals surface area contributed by atoms with Crippen molar-refractivity contribution in [1.82, 2.24) is 0 Å². The molecule has 0 fully saturated rings. The molecule has 0 aliphatic heterocycles. The van der Waals surface area contributed by atoms with Gasteiger partial charge in [-0.25, -0.2) is 0 Å². The average Bonchev–Trinajstić information content (AvgIpc) is 2.26. The molecule has 86 valence electrons.